The molecule has 0 aromatic heterocycles. The maximum absolute atomic E-state index is 14.0. The van der Waals surface area contributed by atoms with Crippen molar-refractivity contribution in [3.63, 3.8) is 0 Å². The molecular weight excluding hydrogens is 474 g/mol. The lowest BCUT2D eigenvalue weighted by Gasteiger charge is -2.31. The fourth-order valence-corrected chi connectivity index (χ4v) is 4.49. The highest BCUT2D eigenvalue weighted by Gasteiger charge is 2.45. The lowest BCUT2D eigenvalue weighted by atomic mass is 9.88. The molecule has 0 unspecified atom stereocenters. The Morgan fingerprint density at radius 1 is 1.03 bits per heavy atom. The minimum Gasteiger partial charge on any atom is -0.482 e. The topological polar surface area (TPSA) is 102 Å². The number of benzene rings is 2. The molecule has 2 aliphatic heterocycles. The van der Waals surface area contributed by atoms with Crippen LogP contribution in [0.1, 0.15) is 17.5 Å². The zero-order chi connectivity index (χ0) is 26.0. The molecule has 1 saturated heterocycles. The van der Waals surface area contributed by atoms with Crippen molar-refractivity contribution in [3.05, 3.63) is 95.8 Å². The molecule has 1 N–H and O–H groups in total. The van der Waals surface area contributed by atoms with E-state index >= 15 is 0 Å². The van der Waals surface area contributed by atoms with E-state index in [-0.39, 0.29) is 32.0 Å². The number of aliphatic hydroxyl groups excluding tert-OH is 1. The van der Waals surface area contributed by atoms with Gasteiger partial charge in [-0.25, -0.2) is 9.69 Å². The number of imide groups is 1. The van der Waals surface area contributed by atoms with Gasteiger partial charge in [0, 0.05) is 0 Å². The summed E-state index contributed by atoms with van der Waals surface area (Å²) in [7, 11) is 0. The highest BCUT2D eigenvalue weighted by atomic mass is 16.6. The Balaban J connectivity index is 1.57. The third-order valence-corrected chi connectivity index (χ3v) is 6.29. The average molecular weight is 506 g/mol. The Hall–Kier alpha value is -3.75. The minimum absolute atomic E-state index is 0.0585. The Kier molecular flexibility index (Phi) is 9.24. The Labute approximate surface area is 216 Å². The molecule has 8 heteroatoms. The second-order valence-electron chi connectivity index (χ2n) is 8.93. The molecule has 37 heavy (non-hydrogen) atoms. The van der Waals surface area contributed by atoms with E-state index in [1.807, 2.05) is 60.7 Å². The maximum Gasteiger partial charge on any atom is 0.416 e. The highest BCUT2D eigenvalue weighted by Crippen LogP contribution is 2.28. The Morgan fingerprint density at radius 3 is 2.43 bits per heavy atom. The summed E-state index contributed by atoms with van der Waals surface area (Å²) in [5.41, 5.74) is 1.83. The van der Waals surface area contributed by atoms with Crippen LogP contribution in [-0.4, -0.2) is 66.4 Å². The summed E-state index contributed by atoms with van der Waals surface area (Å²) in [5.74, 6) is -1.31. The minimum atomic E-state index is -1.09. The van der Waals surface area contributed by atoms with Gasteiger partial charge in [0.05, 0.1) is 31.8 Å². The van der Waals surface area contributed by atoms with Crippen LogP contribution in [0.3, 0.4) is 0 Å². The summed E-state index contributed by atoms with van der Waals surface area (Å²) < 4.78 is 16.6. The van der Waals surface area contributed by atoms with Gasteiger partial charge >= 0.3 is 6.09 Å². The molecule has 2 heterocycles. The number of carbonyl (C=O) groups is 3. The molecule has 2 aliphatic rings. The molecule has 2 aromatic carbocycles. The van der Waals surface area contributed by atoms with E-state index in [1.165, 1.54) is 6.08 Å². The van der Waals surface area contributed by atoms with E-state index in [9.17, 15) is 14.4 Å². The smallest absolute Gasteiger partial charge is 0.416 e. The number of hydrogen-bond acceptors (Lipinski definition) is 7. The van der Waals surface area contributed by atoms with Crippen molar-refractivity contribution in [2.45, 2.75) is 31.4 Å². The fourth-order valence-electron chi connectivity index (χ4n) is 4.49. The summed E-state index contributed by atoms with van der Waals surface area (Å²) in [5, 5.41) is 8.84. The first kappa shape index (κ1) is 26.3. The number of allylic oxidation sites excluding steroid dienone is 1. The van der Waals surface area contributed by atoms with Crippen molar-refractivity contribution in [2.75, 3.05) is 26.4 Å². The molecule has 1 fully saturated rings. The molecule has 0 radical (unpaired) electrons. The Morgan fingerprint density at radius 2 is 1.73 bits per heavy atom. The van der Waals surface area contributed by atoms with E-state index in [0.717, 1.165) is 16.0 Å². The van der Waals surface area contributed by atoms with Gasteiger partial charge in [0.25, 0.3) is 0 Å². The quantitative estimate of drug-likeness (QED) is 0.468. The molecule has 0 aliphatic carbocycles. The number of aliphatic hydroxyl groups is 1. The Bertz CT molecular complexity index is 1130. The number of hydrogen-bond donors (Lipinski definition) is 1. The third kappa shape index (κ3) is 6.93. The monoisotopic (exact) mass is 505 g/mol. The van der Waals surface area contributed by atoms with Gasteiger partial charge in [-0.1, -0.05) is 60.7 Å². The number of rotatable bonds is 11. The van der Waals surface area contributed by atoms with Gasteiger partial charge in [0.2, 0.25) is 5.91 Å². The van der Waals surface area contributed by atoms with Crippen LogP contribution in [0.25, 0.3) is 0 Å². The summed E-state index contributed by atoms with van der Waals surface area (Å²) in [6.07, 6.45) is 4.14. The lowest BCUT2D eigenvalue weighted by molar-refractivity contribution is -0.143. The average Bonchev–Trinajstić information content (AvgIpc) is 3.28. The van der Waals surface area contributed by atoms with Crippen molar-refractivity contribution < 1.29 is 33.7 Å². The van der Waals surface area contributed by atoms with Gasteiger partial charge in [-0.05, 0) is 48.6 Å². The standard InChI is InChI=1S/C29H31NO7/c31-15-17-35-16-7-12-24-13-14-26(32)27(37-24)25(19-22-10-5-2-6-11-22)28(33)30-23(20-36-29(30)34)18-21-8-3-1-4-9-21/h1-6,8-14,23,25,27,31H,7,15-20H2/t23-,25-,27-/m0/s1. The van der Waals surface area contributed by atoms with Gasteiger partial charge < -0.3 is 19.3 Å². The zero-order valence-electron chi connectivity index (χ0n) is 20.5. The predicted octanol–water partition coefficient (Wildman–Crippen LogP) is 3.24. The van der Waals surface area contributed by atoms with E-state index in [2.05, 4.69) is 0 Å². The first-order chi connectivity index (χ1) is 18.1. The number of ether oxygens (including phenoxy) is 3. The zero-order valence-corrected chi connectivity index (χ0v) is 20.5. The molecule has 0 bridgehead atoms. The summed E-state index contributed by atoms with van der Waals surface area (Å²) in [6.45, 7) is 0.657. The number of amides is 2. The van der Waals surface area contributed by atoms with E-state index in [4.69, 9.17) is 19.3 Å². The van der Waals surface area contributed by atoms with Crippen LogP contribution >= 0.6 is 0 Å². The molecule has 8 nitrogen and oxygen atoms in total. The summed E-state index contributed by atoms with van der Waals surface area (Å²) >= 11 is 0. The number of ketones is 1. The first-order valence-electron chi connectivity index (χ1n) is 12.4. The lowest BCUT2D eigenvalue weighted by Crippen LogP contribution is -2.49. The van der Waals surface area contributed by atoms with Crippen LogP contribution in [0.2, 0.25) is 0 Å². The third-order valence-electron chi connectivity index (χ3n) is 6.29. The summed E-state index contributed by atoms with van der Waals surface area (Å²) in [6, 6.07) is 18.5. The van der Waals surface area contributed by atoms with Crippen LogP contribution in [-0.2, 0) is 36.6 Å². The molecule has 2 amide bonds. The van der Waals surface area contributed by atoms with Crippen LogP contribution in [0.15, 0.2) is 84.7 Å². The maximum atomic E-state index is 14.0. The van der Waals surface area contributed by atoms with E-state index in [0.29, 0.717) is 25.2 Å². The molecular formula is C29H31NO7. The summed E-state index contributed by atoms with van der Waals surface area (Å²) in [4.78, 5) is 40.8. The van der Waals surface area contributed by atoms with Crippen molar-refractivity contribution in [3.8, 4) is 0 Å². The van der Waals surface area contributed by atoms with Crippen molar-refractivity contribution in [1.29, 1.82) is 0 Å². The van der Waals surface area contributed by atoms with Gasteiger partial charge in [0.15, 0.2) is 11.9 Å². The second-order valence-corrected chi connectivity index (χ2v) is 8.93. The molecule has 194 valence electrons. The highest BCUT2D eigenvalue weighted by molar-refractivity contribution is 6.02. The van der Waals surface area contributed by atoms with E-state index in [1.54, 1.807) is 12.2 Å². The number of nitrogens with zero attached hydrogens (tertiary/aromatic N) is 1. The number of carbonyl (C=O) groups excluding carboxylic acids is 3. The van der Waals surface area contributed by atoms with Crippen LogP contribution in [0, 0.1) is 5.92 Å². The number of cyclic esters (lactones) is 1. The van der Waals surface area contributed by atoms with E-state index < -0.39 is 30.1 Å². The second kappa shape index (κ2) is 13.0. The molecule has 0 saturated carbocycles. The predicted molar refractivity (Wildman–Crippen MR) is 135 cm³/mol. The van der Waals surface area contributed by atoms with Crippen LogP contribution in [0.5, 0.6) is 0 Å². The van der Waals surface area contributed by atoms with Crippen molar-refractivity contribution >= 4 is 17.8 Å². The largest absolute Gasteiger partial charge is 0.482 e. The SMILES string of the molecule is O=C1C=CC(=CCCOCCO)O[C@H]1[C@H](Cc1ccccc1)C(=O)N1C(=O)OC[C@@H]1Cc1ccccc1. The van der Waals surface area contributed by atoms with Crippen LogP contribution in [0.4, 0.5) is 4.79 Å². The van der Waals surface area contributed by atoms with Gasteiger partial charge in [-0.2, -0.15) is 0 Å². The molecule has 3 atom stereocenters. The van der Waals surface area contributed by atoms with Gasteiger partial charge in [-0.15, -0.1) is 0 Å². The fraction of sp³-hybridized carbons (Fsp3) is 0.345. The first-order valence-corrected chi connectivity index (χ1v) is 12.4. The van der Waals surface area contributed by atoms with Crippen LogP contribution < -0.4 is 0 Å². The molecule has 0 spiro atoms. The molecule has 2 aromatic rings. The van der Waals surface area contributed by atoms with Crippen molar-refractivity contribution in [2.24, 2.45) is 5.92 Å². The van der Waals surface area contributed by atoms with Gasteiger partial charge in [0.1, 0.15) is 12.4 Å². The molecule has 4 rings (SSSR count). The van der Waals surface area contributed by atoms with Gasteiger partial charge in [-0.3, -0.25) is 9.59 Å². The van der Waals surface area contributed by atoms with Crippen molar-refractivity contribution in [1.82, 2.24) is 4.90 Å². The normalized spacial score (nSPS) is 21.1.